The molecule has 2 rings (SSSR count). The van der Waals surface area contributed by atoms with Crippen LogP contribution in [0.1, 0.15) is 34.8 Å². The minimum Gasteiger partial charge on any atom is -0.478 e. The highest BCUT2D eigenvalue weighted by Gasteiger charge is 2.12. The molecule has 1 aromatic heterocycles. The van der Waals surface area contributed by atoms with E-state index in [9.17, 15) is 4.79 Å². The van der Waals surface area contributed by atoms with E-state index in [0.717, 1.165) is 17.2 Å². The number of nitrogens with two attached hydrogens (primary N) is 1. The fourth-order valence-electron chi connectivity index (χ4n) is 1.85. The number of carbonyl (C=O) groups is 1. The molecule has 1 atom stereocenters. The van der Waals surface area contributed by atoms with Crippen molar-refractivity contribution in [1.29, 1.82) is 0 Å². The number of aryl methyl sites for hydroxylation is 1. The van der Waals surface area contributed by atoms with E-state index in [1.807, 2.05) is 26.0 Å². The average Bonchev–Trinajstić information content (AvgIpc) is 2.75. The molecule has 19 heavy (non-hydrogen) atoms. The number of anilines is 2. The summed E-state index contributed by atoms with van der Waals surface area (Å²) in [5.41, 5.74) is 6.79. The number of carboxylic acids is 1. The molecule has 0 saturated carbocycles. The summed E-state index contributed by atoms with van der Waals surface area (Å²) < 4.78 is 5.52. The summed E-state index contributed by atoms with van der Waals surface area (Å²) in [6.07, 6.45) is 0. The number of hydrogen-bond donors (Lipinski definition) is 3. The second-order valence-electron chi connectivity index (χ2n) is 4.42. The zero-order valence-corrected chi connectivity index (χ0v) is 10.8. The molecule has 0 aliphatic rings. The molecule has 0 fully saturated rings. The van der Waals surface area contributed by atoms with Crippen molar-refractivity contribution in [2.45, 2.75) is 19.9 Å². The fraction of sp³-hybridized carbons (Fsp3) is 0.214. The van der Waals surface area contributed by atoms with Crippen LogP contribution >= 0.6 is 0 Å². The first-order valence-electron chi connectivity index (χ1n) is 5.93. The van der Waals surface area contributed by atoms with Gasteiger partial charge in [0.2, 0.25) is 0 Å². The highest BCUT2D eigenvalue weighted by atomic mass is 16.4. The second-order valence-corrected chi connectivity index (χ2v) is 4.42. The summed E-state index contributed by atoms with van der Waals surface area (Å²) in [4.78, 5) is 10.9. The maximum atomic E-state index is 10.9. The molecular formula is C14H16N2O3. The maximum Gasteiger partial charge on any atom is 0.337 e. The van der Waals surface area contributed by atoms with Crippen molar-refractivity contribution >= 4 is 17.3 Å². The fourth-order valence-corrected chi connectivity index (χ4v) is 1.85. The van der Waals surface area contributed by atoms with E-state index in [1.165, 1.54) is 6.07 Å². The number of rotatable bonds is 4. The van der Waals surface area contributed by atoms with Crippen molar-refractivity contribution in [3.63, 3.8) is 0 Å². The molecule has 5 heteroatoms. The Labute approximate surface area is 111 Å². The van der Waals surface area contributed by atoms with Crippen molar-refractivity contribution in [2.75, 3.05) is 11.1 Å². The molecule has 2 aromatic rings. The van der Waals surface area contributed by atoms with Gasteiger partial charge in [-0.25, -0.2) is 4.79 Å². The van der Waals surface area contributed by atoms with Gasteiger partial charge in [-0.05, 0) is 44.2 Å². The Morgan fingerprint density at radius 1 is 1.37 bits per heavy atom. The third-order valence-corrected chi connectivity index (χ3v) is 2.85. The SMILES string of the molecule is Cc1ccc(C(C)Nc2ccc(C(=O)O)c(N)c2)o1. The first kappa shape index (κ1) is 13.0. The molecule has 0 radical (unpaired) electrons. The summed E-state index contributed by atoms with van der Waals surface area (Å²) >= 11 is 0. The largest absolute Gasteiger partial charge is 0.478 e. The van der Waals surface area contributed by atoms with Crippen molar-refractivity contribution in [2.24, 2.45) is 0 Å². The number of hydrogen-bond acceptors (Lipinski definition) is 4. The minimum atomic E-state index is -1.03. The molecule has 0 aliphatic carbocycles. The number of aromatic carboxylic acids is 1. The van der Waals surface area contributed by atoms with Crippen LogP contribution in [0.2, 0.25) is 0 Å². The maximum absolute atomic E-state index is 10.9. The quantitative estimate of drug-likeness (QED) is 0.735. The van der Waals surface area contributed by atoms with Crippen LogP contribution in [0.25, 0.3) is 0 Å². The van der Waals surface area contributed by atoms with Crippen LogP contribution in [-0.4, -0.2) is 11.1 Å². The zero-order chi connectivity index (χ0) is 14.0. The molecule has 5 nitrogen and oxygen atoms in total. The molecule has 1 aromatic carbocycles. The summed E-state index contributed by atoms with van der Waals surface area (Å²) in [7, 11) is 0. The second kappa shape index (κ2) is 5.06. The summed E-state index contributed by atoms with van der Waals surface area (Å²) in [5, 5.41) is 12.1. The highest BCUT2D eigenvalue weighted by Crippen LogP contribution is 2.24. The molecule has 100 valence electrons. The van der Waals surface area contributed by atoms with Crippen LogP contribution in [-0.2, 0) is 0 Å². The van der Waals surface area contributed by atoms with E-state index >= 15 is 0 Å². The van der Waals surface area contributed by atoms with Gasteiger partial charge in [-0.1, -0.05) is 0 Å². The standard InChI is InChI=1S/C14H16N2O3/c1-8-3-6-13(19-8)9(2)16-10-4-5-11(14(17)18)12(15)7-10/h3-7,9,16H,15H2,1-2H3,(H,17,18). The first-order chi connectivity index (χ1) is 8.97. The van der Waals surface area contributed by atoms with Gasteiger partial charge in [0.25, 0.3) is 0 Å². The van der Waals surface area contributed by atoms with E-state index in [4.69, 9.17) is 15.3 Å². The number of nitrogens with one attached hydrogen (secondary N) is 1. The number of nitrogen functional groups attached to an aromatic ring is 1. The lowest BCUT2D eigenvalue weighted by atomic mass is 10.1. The van der Waals surface area contributed by atoms with Crippen LogP contribution in [0.5, 0.6) is 0 Å². The molecule has 0 spiro atoms. The molecule has 0 aliphatic heterocycles. The van der Waals surface area contributed by atoms with Crippen LogP contribution in [0.3, 0.4) is 0 Å². The Morgan fingerprint density at radius 2 is 2.11 bits per heavy atom. The van der Waals surface area contributed by atoms with Gasteiger partial charge in [0.15, 0.2) is 0 Å². The number of carboxylic acid groups (broad SMARTS) is 1. The van der Waals surface area contributed by atoms with Gasteiger partial charge in [-0.3, -0.25) is 0 Å². The van der Waals surface area contributed by atoms with Gasteiger partial charge in [-0.2, -0.15) is 0 Å². The zero-order valence-electron chi connectivity index (χ0n) is 10.8. The molecule has 0 saturated heterocycles. The molecule has 4 N–H and O–H groups in total. The van der Waals surface area contributed by atoms with E-state index < -0.39 is 5.97 Å². The molecule has 0 amide bonds. The Morgan fingerprint density at radius 3 is 2.63 bits per heavy atom. The van der Waals surface area contributed by atoms with Crippen molar-refractivity contribution in [3.05, 3.63) is 47.4 Å². The molecule has 1 heterocycles. The minimum absolute atomic E-state index is 0.0243. The van der Waals surface area contributed by atoms with Crippen LogP contribution in [0, 0.1) is 6.92 Å². The Hall–Kier alpha value is -2.43. The van der Waals surface area contributed by atoms with Crippen LogP contribution in [0.15, 0.2) is 34.7 Å². The Balaban J connectivity index is 2.15. The Kier molecular flexibility index (Phi) is 3.46. The van der Waals surface area contributed by atoms with E-state index in [0.29, 0.717) is 0 Å². The van der Waals surface area contributed by atoms with Gasteiger partial charge in [0, 0.05) is 11.4 Å². The van der Waals surface area contributed by atoms with Gasteiger partial charge < -0.3 is 20.6 Å². The van der Waals surface area contributed by atoms with Gasteiger partial charge >= 0.3 is 5.97 Å². The van der Waals surface area contributed by atoms with Crippen LogP contribution < -0.4 is 11.1 Å². The average molecular weight is 260 g/mol. The van der Waals surface area contributed by atoms with E-state index in [1.54, 1.807) is 12.1 Å². The Bertz CT molecular complexity index is 604. The van der Waals surface area contributed by atoms with Crippen LogP contribution in [0.4, 0.5) is 11.4 Å². The van der Waals surface area contributed by atoms with Crippen molar-refractivity contribution in [1.82, 2.24) is 0 Å². The lowest BCUT2D eigenvalue weighted by molar-refractivity contribution is 0.0698. The number of benzene rings is 1. The third kappa shape index (κ3) is 2.88. The normalized spacial score (nSPS) is 12.1. The van der Waals surface area contributed by atoms with Crippen molar-refractivity contribution in [3.8, 4) is 0 Å². The first-order valence-corrected chi connectivity index (χ1v) is 5.93. The number of furan rings is 1. The topological polar surface area (TPSA) is 88.5 Å². The van der Waals surface area contributed by atoms with Gasteiger partial charge in [-0.15, -0.1) is 0 Å². The molecular weight excluding hydrogens is 244 g/mol. The van der Waals surface area contributed by atoms with E-state index in [-0.39, 0.29) is 17.3 Å². The summed E-state index contributed by atoms with van der Waals surface area (Å²) in [6.45, 7) is 3.84. The highest BCUT2D eigenvalue weighted by molar-refractivity contribution is 5.94. The summed E-state index contributed by atoms with van der Waals surface area (Å²) in [6, 6.07) is 8.56. The lowest BCUT2D eigenvalue weighted by Gasteiger charge is -2.14. The summed E-state index contributed by atoms with van der Waals surface area (Å²) in [5.74, 6) is 0.640. The predicted molar refractivity (Wildman–Crippen MR) is 73.3 cm³/mol. The smallest absolute Gasteiger partial charge is 0.337 e. The monoisotopic (exact) mass is 260 g/mol. The molecule has 0 bridgehead atoms. The van der Waals surface area contributed by atoms with Crippen molar-refractivity contribution < 1.29 is 14.3 Å². The predicted octanol–water partition coefficient (Wildman–Crippen LogP) is 3.04. The van der Waals surface area contributed by atoms with Gasteiger partial charge in [0.1, 0.15) is 11.5 Å². The third-order valence-electron chi connectivity index (χ3n) is 2.85. The van der Waals surface area contributed by atoms with Gasteiger partial charge in [0.05, 0.1) is 11.6 Å². The van der Waals surface area contributed by atoms with E-state index in [2.05, 4.69) is 5.32 Å². The lowest BCUT2D eigenvalue weighted by Crippen LogP contribution is -2.07. The molecule has 1 unspecified atom stereocenters.